The van der Waals surface area contributed by atoms with Gasteiger partial charge in [-0.15, -0.1) is 0 Å². The Morgan fingerprint density at radius 2 is 1.73 bits per heavy atom. The molecule has 1 amide bonds. The number of rotatable bonds is 6. The first-order chi connectivity index (χ1) is 12.3. The molecule has 0 heterocycles. The van der Waals surface area contributed by atoms with Crippen molar-refractivity contribution in [3.63, 3.8) is 0 Å². The number of carbonyl (C=O) groups excluding carboxylic acids is 2. The summed E-state index contributed by atoms with van der Waals surface area (Å²) in [6, 6.07) is 12.3. The van der Waals surface area contributed by atoms with Gasteiger partial charge in [-0.1, -0.05) is 55.2 Å². The van der Waals surface area contributed by atoms with Crippen LogP contribution in [0.3, 0.4) is 0 Å². The van der Waals surface area contributed by atoms with Crippen LogP contribution in [0.1, 0.15) is 30.9 Å². The van der Waals surface area contributed by atoms with Crippen LogP contribution in [-0.4, -0.2) is 18.5 Å². The van der Waals surface area contributed by atoms with Gasteiger partial charge in [0.25, 0.3) is 5.91 Å². The quantitative estimate of drug-likeness (QED) is 0.684. The van der Waals surface area contributed by atoms with Crippen molar-refractivity contribution in [2.24, 2.45) is 5.92 Å². The molecule has 0 unspecified atom stereocenters. The molecule has 2 aromatic rings. The number of anilines is 1. The monoisotopic (exact) mass is 393 g/mol. The normalized spacial score (nSPS) is 11.9. The molecule has 2 rings (SSSR count). The number of ether oxygens (including phenoxy) is 1. The van der Waals surface area contributed by atoms with E-state index in [1.54, 1.807) is 49.4 Å². The van der Waals surface area contributed by atoms with E-state index < -0.39 is 17.8 Å². The van der Waals surface area contributed by atoms with Gasteiger partial charge in [-0.05, 0) is 48.2 Å². The van der Waals surface area contributed by atoms with Crippen molar-refractivity contribution in [1.82, 2.24) is 0 Å². The highest BCUT2D eigenvalue weighted by Gasteiger charge is 2.26. The van der Waals surface area contributed by atoms with Crippen LogP contribution in [0.25, 0.3) is 0 Å². The zero-order valence-electron chi connectivity index (χ0n) is 14.9. The standard InChI is InChI=1S/C20H21Cl2NO3/c1-12(2)19(14-7-9-15(21)10-8-14)20(25)26-11-18(24)23-17-6-4-5-16(22)13(17)3/h4-10,12,19H,11H2,1-3H3,(H,23,24)/t19-/m1/s1. The number of hydrogen-bond donors (Lipinski definition) is 1. The van der Waals surface area contributed by atoms with Gasteiger partial charge in [0.15, 0.2) is 6.61 Å². The second kappa shape index (κ2) is 9.06. The Kier molecular flexibility index (Phi) is 7.06. The minimum absolute atomic E-state index is 0.0157. The van der Waals surface area contributed by atoms with Crippen LogP contribution in [-0.2, 0) is 14.3 Å². The number of amides is 1. The molecule has 0 aromatic heterocycles. The maximum absolute atomic E-state index is 12.5. The van der Waals surface area contributed by atoms with Crippen molar-refractivity contribution >= 4 is 40.8 Å². The van der Waals surface area contributed by atoms with Gasteiger partial charge in [-0.2, -0.15) is 0 Å². The summed E-state index contributed by atoms with van der Waals surface area (Å²) >= 11 is 11.9. The molecule has 4 nitrogen and oxygen atoms in total. The van der Waals surface area contributed by atoms with E-state index in [0.717, 1.165) is 11.1 Å². The highest BCUT2D eigenvalue weighted by Crippen LogP contribution is 2.27. The van der Waals surface area contributed by atoms with Gasteiger partial charge in [-0.25, -0.2) is 0 Å². The molecule has 138 valence electrons. The van der Waals surface area contributed by atoms with E-state index in [9.17, 15) is 9.59 Å². The maximum atomic E-state index is 12.5. The summed E-state index contributed by atoms with van der Waals surface area (Å²) in [6.07, 6.45) is 0. The second-order valence-corrected chi connectivity index (χ2v) is 7.19. The summed E-state index contributed by atoms with van der Waals surface area (Å²) in [7, 11) is 0. The minimum atomic E-state index is -0.465. The zero-order valence-corrected chi connectivity index (χ0v) is 16.4. The van der Waals surface area contributed by atoms with E-state index >= 15 is 0 Å². The molecule has 0 aliphatic carbocycles. The number of carbonyl (C=O) groups is 2. The van der Waals surface area contributed by atoms with E-state index in [1.807, 2.05) is 13.8 Å². The lowest BCUT2D eigenvalue weighted by atomic mass is 9.88. The predicted molar refractivity (Wildman–Crippen MR) is 105 cm³/mol. The SMILES string of the molecule is Cc1c(Cl)cccc1NC(=O)COC(=O)[C@@H](c1ccc(Cl)cc1)C(C)C. The van der Waals surface area contributed by atoms with Crippen LogP contribution in [0.4, 0.5) is 5.69 Å². The third kappa shape index (κ3) is 5.23. The number of nitrogens with one attached hydrogen (secondary N) is 1. The molecule has 6 heteroatoms. The third-order valence-electron chi connectivity index (χ3n) is 4.04. The fraction of sp³-hybridized carbons (Fsp3) is 0.300. The van der Waals surface area contributed by atoms with Crippen LogP contribution in [0.2, 0.25) is 10.0 Å². The Hall–Kier alpha value is -2.04. The van der Waals surface area contributed by atoms with Crippen molar-refractivity contribution in [1.29, 1.82) is 0 Å². The lowest BCUT2D eigenvalue weighted by molar-refractivity contribution is -0.149. The molecule has 1 N–H and O–H groups in total. The topological polar surface area (TPSA) is 55.4 Å². The van der Waals surface area contributed by atoms with Gasteiger partial charge in [0.1, 0.15) is 0 Å². The van der Waals surface area contributed by atoms with Gasteiger partial charge < -0.3 is 10.1 Å². The van der Waals surface area contributed by atoms with Crippen molar-refractivity contribution < 1.29 is 14.3 Å². The van der Waals surface area contributed by atoms with E-state index in [4.69, 9.17) is 27.9 Å². The fourth-order valence-corrected chi connectivity index (χ4v) is 2.92. The van der Waals surface area contributed by atoms with Crippen molar-refractivity contribution in [2.45, 2.75) is 26.7 Å². The number of halogens is 2. The molecule has 0 aliphatic heterocycles. The molecule has 0 saturated heterocycles. The van der Waals surface area contributed by atoms with Crippen molar-refractivity contribution in [2.75, 3.05) is 11.9 Å². The first-order valence-corrected chi connectivity index (χ1v) is 9.02. The van der Waals surface area contributed by atoms with Crippen LogP contribution in [0.15, 0.2) is 42.5 Å². The maximum Gasteiger partial charge on any atom is 0.314 e. The Morgan fingerprint density at radius 3 is 2.35 bits per heavy atom. The summed E-state index contributed by atoms with van der Waals surface area (Å²) in [5, 5.41) is 3.86. The third-order valence-corrected chi connectivity index (χ3v) is 4.70. The van der Waals surface area contributed by atoms with Crippen molar-refractivity contribution in [3.05, 3.63) is 63.6 Å². The molecule has 26 heavy (non-hydrogen) atoms. The van der Waals surface area contributed by atoms with Crippen LogP contribution in [0, 0.1) is 12.8 Å². The minimum Gasteiger partial charge on any atom is -0.455 e. The van der Waals surface area contributed by atoms with E-state index in [1.165, 1.54) is 0 Å². The van der Waals surface area contributed by atoms with E-state index in [2.05, 4.69) is 5.32 Å². The van der Waals surface area contributed by atoms with Crippen LogP contribution in [0.5, 0.6) is 0 Å². The number of benzene rings is 2. The molecule has 0 spiro atoms. The molecule has 0 saturated carbocycles. The fourth-order valence-electron chi connectivity index (χ4n) is 2.62. The average Bonchev–Trinajstić information content (AvgIpc) is 2.59. The van der Waals surface area contributed by atoms with Gasteiger partial charge in [0.2, 0.25) is 0 Å². The smallest absolute Gasteiger partial charge is 0.314 e. The van der Waals surface area contributed by atoms with E-state index in [-0.39, 0.29) is 12.5 Å². The molecule has 0 radical (unpaired) electrons. The summed E-state index contributed by atoms with van der Waals surface area (Å²) in [6.45, 7) is 5.30. The Bertz CT molecular complexity index is 788. The first kappa shape index (κ1) is 20.3. The summed E-state index contributed by atoms with van der Waals surface area (Å²) in [5.41, 5.74) is 2.16. The van der Waals surface area contributed by atoms with Crippen LogP contribution >= 0.6 is 23.2 Å². The highest BCUT2D eigenvalue weighted by atomic mass is 35.5. The van der Waals surface area contributed by atoms with Gasteiger partial charge in [0, 0.05) is 15.7 Å². The largest absolute Gasteiger partial charge is 0.455 e. The summed E-state index contributed by atoms with van der Waals surface area (Å²) < 4.78 is 5.24. The van der Waals surface area contributed by atoms with Gasteiger partial charge >= 0.3 is 5.97 Å². The van der Waals surface area contributed by atoms with E-state index in [0.29, 0.717) is 15.7 Å². The van der Waals surface area contributed by atoms with Crippen molar-refractivity contribution in [3.8, 4) is 0 Å². The summed E-state index contributed by atoms with van der Waals surface area (Å²) in [5.74, 6) is -1.31. The first-order valence-electron chi connectivity index (χ1n) is 8.26. The molecular weight excluding hydrogens is 373 g/mol. The van der Waals surface area contributed by atoms with Crippen LogP contribution < -0.4 is 5.32 Å². The average molecular weight is 394 g/mol. The van der Waals surface area contributed by atoms with Gasteiger partial charge in [0.05, 0.1) is 5.92 Å². The Morgan fingerprint density at radius 1 is 1.08 bits per heavy atom. The molecule has 0 fully saturated rings. The molecule has 0 aliphatic rings. The zero-order chi connectivity index (χ0) is 19.3. The molecular formula is C20H21Cl2NO3. The molecule has 1 atom stereocenters. The Balaban J connectivity index is 2.00. The number of hydrogen-bond acceptors (Lipinski definition) is 3. The molecule has 2 aromatic carbocycles. The highest BCUT2D eigenvalue weighted by molar-refractivity contribution is 6.31. The van der Waals surface area contributed by atoms with Gasteiger partial charge in [-0.3, -0.25) is 9.59 Å². The predicted octanol–water partition coefficient (Wildman–Crippen LogP) is 5.22. The number of esters is 1. The lowest BCUT2D eigenvalue weighted by Gasteiger charge is -2.20. The summed E-state index contributed by atoms with van der Waals surface area (Å²) in [4.78, 5) is 24.6. The Labute approximate surface area is 163 Å². The second-order valence-electron chi connectivity index (χ2n) is 6.34. The lowest BCUT2D eigenvalue weighted by Crippen LogP contribution is -2.26. The molecule has 0 bridgehead atoms.